The summed E-state index contributed by atoms with van der Waals surface area (Å²) in [5, 5.41) is 20.1. The third-order valence-electron chi connectivity index (χ3n) is 4.59. The van der Waals surface area contributed by atoms with Gasteiger partial charge in [0.2, 0.25) is 0 Å². The van der Waals surface area contributed by atoms with Crippen molar-refractivity contribution in [2.45, 2.75) is 96.2 Å². The van der Waals surface area contributed by atoms with Crippen molar-refractivity contribution in [3.8, 4) is 0 Å². The van der Waals surface area contributed by atoms with E-state index in [0.29, 0.717) is 12.8 Å². The molecule has 0 saturated heterocycles. The van der Waals surface area contributed by atoms with Crippen molar-refractivity contribution in [1.82, 2.24) is 0 Å². The van der Waals surface area contributed by atoms with Gasteiger partial charge in [0, 0.05) is 6.42 Å². The van der Waals surface area contributed by atoms with E-state index in [1.54, 1.807) is 0 Å². The van der Waals surface area contributed by atoms with Crippen molar-refractivity contribution in [2.75, 3.05) is 0 Å². The monoisotopic (exact) mass is 320 g/mol. The second kappa shape index (κ2) is 13.6. The van der Waals surface area contributed by atoms with Crippen molar-refractivity contribution in [3.05, 3.63) is 35.9 Å². The van der Waals surface area contributed by atoms with Gasteiger partial charge >= 0.3 is 0 Å². The minimum absolute atomic E-state index is 0.541. The van der Waals surface area contributed by atoms with E-state index >= 15 is 0 Å². The van der Waals surface area contributed by atoms with Crippen LogP contribution in [0, 0.1) is 0 Å². The molecule has 0 amide bonds. The molecule has 0 spiro atoms. The van der Waals surface area contributed by atoms with Crippen molar-refractivity contribution in [2.24, 2.45) is 0 Å². The number of unbranched alkanes of at least 4 members (excludes halogenated alkanes) is 9. The second-order valence-electron chi connectivity index (χ2n) is 6.80. The maximum Gasteiger partial charge on any atom is 0.0839 e. The Morgan fingerprint density at radius 1 is 0.696 bits per heavy atom. The molecule has 23 heavy (non-hydrogen) atoms. The van der Waals surface area contributed by atoms with Gasteiger partial charge in [-0.05, 0) is 12.0 Å². The topological polar surface area (TPSA) is 40.5 Å². The lowest BCUT2D eigenvalue weighted by molar-refractivity contribution is 0.0137. The molecule has 1 aromatic carbocycles. The minimum Gasteiger partial charge on any atom is -0.390 e. The number of benzene rings is 1. The summed E-state index contributed by atoms with van der Waals surface area (Å²) in [4.78, 5) is 0. The zero-order valence-corrected chi connectivity index (χ0v) is 14.9. The van der Waals surface area contributed by atoms with Crippen molar-refractivity contribution >= 4 is 0 Å². The van der Waals surface area contributed by atoms with Crippen LogP contribution in [0.2, 0.25) is 0 Å². The van der Waals surface area contributed by atoms with Gasteiger partial charge in [-0.2, -0.15) is 0 Å². The summed E-state index contributed by atoms with van der Waals surface area (Å²) >= 11 is 0. The first-order valence-corrected chi connectivity index (χ1v) is 9.64. The van der Waals surface area contributed by atoms with Crippen LogP contribution in [0.3, 0.4) is 0 Å². The van der Waals surface area contributed by atoms with Crippen molar-refractivity contribution in [3.63, 3.8) is 0 Å². The minimum atomic E-state index is -0.643. The highest BCUT2D eigenvalue weighted by Crippen LogP contribution is 2.14. The van der Waals surface area contributed by atoms with Gasteiger partial charge in [0.25, 0.3) is 0 Å². The Hall–Kier alpha value is -0.860. The zero-order valence-electron chi connectivity index (χ0n) is 14.9. The molecule has 2 nitrogen and oxygen atoms in total. The van der Waals surface area contributed by atoms with E-state index in [4.69, 9.17) is 0 Å². The first-order chi connectivity index (χ1) is 11.2. The molecule has 2 atom stereocenters. The van der Waals surface area contributed by atoms with E-state index in [1.807, 2.05) is 30.3 Å². The van der Waals surface area contributed by atoms with Crippen LogP contribution < -0.4 is 0 Å². The van der Waals surface area contributed by atoms with Crippen LogP contribution in [0.25, 0.3) is 0 Å². The van der Waals surface area contributed by atoms with Gasteiger partial charge in [-0.1, -0.05) is 101 Å². The molecule has 2 unspecified atom stereocenters. The second-order valence-corrected chi connectivity index (χ2v) is 6.80. The van der Waals surface area contributed by atoms with E-state index in [1.165, 1.54) is 57.8 Å². The Kier molecular flexibility index (Phi) is 11.9. The molecule has 132 valence electrons. The first kappa shape index (κ1) is 20.2. The average Bonchev–Trinajstić information content (AvgIpc) is 2.57. The SMILES string of the molecule is CCCCCCCCCCCCC(O)C(O)Cc1ccccc1. The molecule has 1 rings (SSSR count). The van der Waals surface area contributed by atoms with E-state index < -0.39 is 12.2 Å². The smallest absolute Gasteiger partial charge is 0.0839 e. The van der Waals surface area contributed by atoms with Crippen LogP contribution >= 0.6 is 0 Å². The van der Waals surface area contributed by atoms with Gasteiger partial charge in [0.15, 0.2) is 0 Å². The molecule has 2 N–H and O–H groups in total. The molecule has 1 aromatic rings. The molecule has 0 fully saturated rings. The summed E-state index contributed by atoms with van der Waals surface area (Å²) in [6, 6.07) is 9.90. The van der Waals surface area contributed by atoms with Crippen molar-refractivity contribution in [1.29, 1.82) is 0 Å². The van der Waals surface area contributed by atoms with Crippen LogP contribution in [0.1, 0.15) is 83.1 Å². The standard InChI is InChI=1S/C21H36O2/c1-2-3-4-5-6-7-8-9-10-14-17-20(22)21(23)18-19-15-12-11-13-16-19/h11-13,15-16,20-23H,2-10,14,17-18H2,1H3. The molecule has 2 heteroatoms. The Morgan fingerprint density at radius 2 is 1.22 bits per heavy atom. The number of aliphatic hydroxyl groups is 2. The Bertz CT molecular complexity index is 363. The van der Waals surface area contributed by atoms with Gasteiger partial charge in [-0.15, -0.1) is 0 Å². The van der Waals surface area contributed by atoms with Gasteiger partial charge in [-0.25, -0.2) is 0 Å². The third kappa shape index (κ3) is 10.5. The quantitative estimate of drug-likeness (QED) is 0.459. The van der Waals surface area contributed by atoms with Crippen LogP contribution in [-0.4, -0.2) is 22.4 Å². The molecule has 0 aliphatic carbocycles. The van der Waals surface area contributed by atoms with Crippen LogP contribution in [-0.2, 0) is 6.42 Å². The Morgan fingerprint density at radius 3 is 1.78 bits per heavy atom. The Labute approximate surface area is 142 Å². The van der Waals surface area contributed by atoms with E-state index in [9.17, 15) is 10.2 Å². The highest BCUT2D eigenvalue weighted by molar-refractivity contribution is 5.15. The number of aliphatic hydroxyl groups excluding tert-OH is 2. The predicted octanol–water partition coefficient (Wildman–Crippen LogP) is 5.26. The Balaban J connectivity index is 1.96. The summed E-state index contributed by atoms with van der Waals surface area (Å²) in [7, 11) is 0. The van der Waals surface area contributed by atoms with E-state index in [0.717, 1.165) is 12.0 Å². The van der Waals surface area contributed by atoms with E-state index in [2.05, 4.69) is 6.92 Å². The summed E-state index contributed by atoms with van der Waals surface area (Å²) < 4.78 is 0. The fraction of sp³-hybridized carbons (Fsp3) is 0.714. The van der Waals surface area contributed by atoms with Crippen LogP contribution in [0.5, 0.6) is 0 Å². The molecule has 0 aliphatic heterocycles. The molecule has 0 heterocycles. The van der Waals surface area contributed by atoms with Gasteiger partial charge in [0.1, 0.15) is 0 Å². The van der Waals surface area contributed by atoms with Gasteiger partial charge in [-0.3, -0.25) is 0 Å². The largest absolute Gasteiger partial charge is 0.390 e. The van der Waals surface area contributed by atoms with E-state index in [-0.39, 0.29) is 0 Å². The lowest BCUT2D eigenvalue weighted by atomic mass is 9.99. The summed E-state index contributed by atoms with van der Waals surface area (Å²) in [5.41, 5.74) is 1.09. The highest BCUT2D eigenvalue weighted by Gasteiger charge is 2.16. The van der Waals surface area contributed by atoms with Gasteiger partial charge < -0.3 is 10.2 Å². The zero-order chi connectivity index (χ0) is 16.8. The van der Waals surface area contributed by atoms with Gasteiger partial charge in [0.05, 0.1) is 12.2 Å². The maximum atomic E-state index is 10.1. The lowest BCUT2D eigenvalue weighted by Gasteiger charge is -2.17. The average molecular weight is 321 g/mol. The predicted molar refractivity (Wildman–Crippen MR) is 98.6 cm³/mol. The molecule has 0 saturated carbocycles. The molecular formula is C21H36O2. The number of hydrogen-bond donors (Lipinski definition) is 2. The summed E-state index contributed by atoms with van der Waals surface area (Å²) in [6.45, 7) is 2.26. The summed E-state index contributed by atoms with van der Waals surface area (Å²) in [5.74, 6) is 0. The third-order valence-corrected chi connectivity index (χ3v) is 4.59. The first-order valence-electron chi connectivity index (χ1n) is 9.64. The molecular weight excluding hydrogens is 284 g/mol. The lowest BCUT2D eigenvalue weighted by Crippen LogP contribution is -2.27. The number of hydrogen-bond acceptors (Lipinski definition) is 2. The molecule has 0 aromatic heterocycles. The van der Waals surface area contributed by atoms with Crippen LogP contribution in [0.4, 0.5) is 0 Å². The molecule has 0 radical (unpaired) electrons. The number of rotatable bonds is 14. The molecule has 0 aliphatic rings. The fourth-order valence-electron chi connectivity index (χ4n) is 3.02. The molecule has 0 bridgehead atoms. The highest BCUT2D eigenvalue weighted by atomic mass is 16.3. The van der Waals surface area contributed by atoms with Crippen molar-refractivity contribution < 1.29 is 10.2 Å². The summed E-state index contributed by atoms with van der Waals surface area (Å²) in [6.07, 6.45) is 13.0. The fourth-order valence-corrected chi connectivity index (χ4v) is 3.02. The normalized spacial score (nSPS) is 13.9. The van der Waals surface area contributed by atoms with Crippen LogP contribution in [0.15, 0.2) is 30.3 Å². The maximum absolute atomic E-state index is 10.1.